The van der Waals surface area contributed by atoms with Gasteiger partial charge in [0.1, 0.15) is 0 Å². The van der Waals surface area contributed by atoms with E-state index < -0.39 is 0 Å². The molecule has 19 heavy (non-hydrogen) atoms. The summed E-state index contributed by atoms with van der Waals surface area (Å²) in [6.07, 6.45) is 2.10. The SMILES string of the molecule is CCC(N)CCN(CC)c1cccc2ccccc12. The lowest BCUT2D eigenvalue weighted by Crippen LogP contribution is -2.30. The summed E-state index contributed by atoms with van der Waals surface area (Å²) in [5, 5.41) is 2.63. The Morgan fingerprint density at radius 2 is 1.79 bits per heavy atom. The van der Waals surface area contributed by atoms with Gasteiger partial charge in [0.2, 0.25) is 0 Å². The quantitative estimate of drug-likeness (QED) is 0.852. The molecule has 0 saturated carbocycles. The van der Waals surface area contributed by atoms with Gasteiger partial charge >= 0.3 is 0 Å². The molecule has 2 N–H and O–H groups in total. The molecule has 0 aliphatic carbocycles. The third-order valence-corrected chi connectivity index (χ3v) is 3.78. The van der Waals surface area contributed by atoms with Gasteiger partial charge in [0.25, 0.3) is 0 Å². The Morgan fingerprint density at radius 1 is 1.05 bits per heavy atom. The maximum atomic E-state index is 6.04. The van der Waals surface area contributed by atoms with Crippen molar-refractivity contribution in [3.8, 4) is 0 Å². The number of nitrogens with zero attached hydrogens (tertiary/aromatic N) is 1. The second-order valence-corrected chi connectivity index (χ2v) is 5.03. The number of hydrogen-bond donors (Lipinski definition) is 1. The predicted octanol–water partition coefficient (Wildman–Crippen LogP) is 3.79. The summed E-state index contributed by atoms with van der Waals surface area (Å²) in [4.78, 5) is 2.43. The molecule has 2 aromatic rings. The van der Waals surface area contributed by atoms with Crippen LogP contribution in [0.5, 0.6) is 0 Å². The molecular formula is C17H24N2. The van der Waals surface area contributed by atoms with E-state index in [1.54, 1.807) is 0 Å². The summed E-state index contributed by atoms with van der Waals surface area (Å²) in [5.74, 6) is 0. The Balaban J connectivity index is 2.25. The van der Waals surface area contributed by atoms with E-state index >= 15 is 0 Å². The van der Waals surface area contributed by atoms with Gasteiger partial charge in [-0.05, 0) is 31.2 Å². The fraction of sp³-hybridized carbons (Fsp3) is 0.412. The minimum atomic E-state index is 0.309. The normalized spacial score (nSPS) is 12.6. The Bertz CT molecular complexity index is 516. The van der Waals surface area contributed by atoms with E-state index in [9.17, 15) is 0 Å². The van der Waals surface area contributed by atoms with Crippen LogP contribution in [-0.4, -0.2) is 19.1 Å². The Labute approximate surface area is 116 Å². The van der Waals surface area contributed by atoms with E-state index in [1.165, 1.54) is 16.5 Å². The molecule has 0 amide bonds. The summed E-state index contributed by atoms with van der Waals surface area (Å²) >= 11 is 0. The maximum absolute atomic E-state index is 6.04. The number of nitrogens with two attached hydrogens (primary N) is 1. The molecule has 2 aromatic carbocycles. The van der Waals surface area contributed by atoms with Crippen LogP contribution in [0.4, 0.5) is 5.69 Å². The fourth-order valence-electron chi connectivity index (χ4n) is 2.46. The van der Waals surface area contributed by atoms with E-state index in [-0.39, 0.29) is 0 Å². The highest BCUT2D eigenvalue weighted by Gasteiger charge is 2.09. The number of benzene rings is 2. The van der Waals surface area contributed by atoms with E-state index in [0.717, 1.165) is 25.9 Å². The van der Waals surface area contributed by atoms with Crippen LogP contribution in [0.3, 0.4) is 0 Å². The highest BCUT2D eigenvalue weighted by molar-refractivity contribution is 5.94. The molecule has 0 fully saturated rings. The fourth-order valence-corrected chi connectivity index (χ4v) is 2.46. The zero-order valence-electron chi connectivity index (χ0n) is 12.0. The topological polar surface area (TPSA) is 29.3 Å². The number of anilines is 1. The standard InChI is InChI=1S/C17H24N2/c1-3-15(18)12-13-19(4-2)17-11-7-9-14-8-5-6-10-16(14)17/h5-11,15H,3-4,12-13,18H2,1-2H3. The van der Waals surface area contributed by atoms with Crippen molar-refractivity contribution in [2.75, 3.05) is 18.0 Å². The highest BCUT2D eigenvalue weighted by atomic mass is 15.1. The molecule has 2 nitrogen and oxygen atoms in total. The first-order valence-electron chi connectivity index (χ1n) is 7.24. The molecule has 1 atom stereocenters. The van der Waals surface area contributed by atoms with Crippen molar-refractivity contribution in [2.24, 2.45) is 5.73 Å². The largest absolute Gasteiger partial charge is 0.371 e. The molecule has 0 aliphatic rings. The van der Waals surface area contributed by atoms with Gasteiger partial charge in [-0.15, -0.1) is 0 Å². The molecule has 0 aliphatic heterocycles. The number of hydrogen-bond acceptors (Lipinski definition) is 2. The predicted molar refractivity (Wildman–Crippen MR) is 84.7 cm³/mol. The molecule has 2 heteroatoms. The minimum Gasteiger partial charge on any atom is -0.371 e. The van der Waals surface area contributed by atoms with Crippen molar-refractivity contribution in [3.63, 3.8) is 0 Å². The van der Waals surface area contributed by atoms with Crippen LogP contribution in [0.2, 0.25) is 0 Å². The molecule has 0 bridgehead atoms. The van der Waals surface area contributed by atoms with E-state index in [2.05, 4.69) is 61.2 Å². The molecule has 0 radical (unpaired) electrons. The van der Waals surface area contributed by atoms with Crippen LogP contribution in [0.1, 0.15) is 26.7 Å². The van der Waals surface area contributed by atoms with Crippen molar-refractivity contribution in [3.05, 3.63) is 42.5 Å². The van der Waals surface area contributed by atoms with Crippen LogP contribution in [-0.2, 0) is 0 Å². The average molecular weight is 256 g/mol. The van der Waals surface area contributed by atoms with Gasteiger partial charge in [-0.1, -0.05) is 43.3 Å². The molecule has 2 rings (SSSR count). The monoisotopic (exact) mass is 256 g/mol. The smallest absolute Gasteiger partial charge is 0.0445 e. The maximum Gasteiger partial charge on any atom is 0.0445 e. The van der Waals surface area contributed by atoms with Gasteiger partial charge in [0.15, 0.2) is 0 Å². The first-order valence-corrected chi connectivity index (χ1v) is 7.24. The summed E-state index contributed by atoms with van der Waals surface area (Å²) in [5.41, 5.74) is 7.36. The summed E-state index contributed by atoms with van der Waals surface area (Å²) in [6, 6.07) is 15.4. The lowest BCUT2D eigenvalue weighted by Gasteiger charge is -2.26. The van der Waals surface area contributed by atoms with Crippen molar-refractivity contribution in [1.29, 1.82) is 0 Å². The number of fused-ring (bicyclic) bond motifs is 1. The molecule has 0 aromatic heterocycles. The van der Waals surface area contributed by atoms with E-state index in [0.29, 0.717) is 6.04 Å². The van der Waals surface area contributed by atoms with Gasteiger partial charge in [-0.2, -0.15) is 0 Å². The van der Waals surface area contributed by atoms with Gasteiger partial charge in [0.05, 0.1) is 0 Å². The average Bonchev–Trinajstić information content (AvgIpc) is 2.47. The van der Waals surface area contributed by atoms with Crippen molar-refractivity contribution >= 4 is 16.5 Å². The molecule has 0 saturated heterocycles. The summed E-state index contributed by atoms with van der Waals surface area (Å²) in [6.45, 7) is 6.40. The van der Waals surface area contributed by atoms with Crippen LogP contribution in [0, 0.1) is 0 Å². The van der Waals surface area contributed by atoms with E-state index in [4.69, 9.17) is 5.73 Å². The third-order valence-electron chi connectivity index (χ3n) is 3.78. The zero-order valence-corrected chi connectivity index (χ0v) is 12.0. The Morgan fingerprint density at radius 3 is 2.53 bits per heavy atom. The van der Waals surface area contributed by atoms with Crippen LogP contribution in [0.25, 0.3) is 10.8 Å². The molecule has 0 spiro atoms. The number of rotatable bonds is 6. The van der Waals surface area contributed by atoms with Gasteiger partial charge < -0.3 is 10.6 Å². The van der Waals surface area contributed by atoms with E-state index in [1.807, 2.05) is 0 Å². The first-order chi connectivity index (χ1) is 9.26. The van der Waals surface area contributed by atoms with Gasteiger partial charge in [0, 0.05) is 30.2 Å². The first kappa shape index (κ1) is 13.9. The Hall–Kier alpha value is -1.54. The van der Waals surface area contributed by atoms with Crippen LogP contribution < -0.4 is 10.6 Å². The molecule has 1 unspecified atom stereocenters. The highest BCUT2D eigenvalue weighted by Crippen LogP contribution is 2.26. The molecular weight excluding hydrogens is 232 g/mol. The molecule has 0 heterocycles. The summed E-state index contributed by atoms with van der Waals surface area (Å²) < 4.78 is 0. The van der Waals surface area contributed by atoms with Crippen molar-refractivity contribution in [1.82, 2.24) is 0 Å². The lowest BCUT2D eigenvalue weighted by molar-refractivity contribution is 0.586. The Kier molecular flexibility index (Phi) is 4.80. The second-order valence-electron chi connectivity index (χ2n) is 5.03. The van der Waals surface area contributed by atoms with Crippen LogP contribution >= 0.6 is 0 Å². The van der Waals surface area contributed by atoms with Gasteiger partial charge in [-0.3, -0.25) is 0 Å². The zero-order chi connectivity index (χ0) is 13.7. The van der Waals surface area contributed by atoms with Gasteiger partial charge in [-0.25, -0.2) is 0 Å². The van der Waals surface area contributed by atoms with Crippen LogP contribution in [0.15, 0.2) is 42.5 Å². The van der Waals surface area contributed by atoms with Crippen molar-refractivity contribution in [2.45, 2.75) is 32.7 Å². The minimum absolute atomic E-state index is 0.309. The molecule has 102 valence electrons. The second kappa shape index (κ2) is 6.58. The van der Waals surface area contributed by atoms with Crippen molar-refractivity contribution < 1.29 is 0 Å². The third kappa shape index (κ3) is 3.27. The summed E-state index contributed by atoms with van der Waals surface area (Å²) in [7, 11) is 0. The lowest BCUT2D eigenvalue weighted by atomic mass is 10.1.